The van der Waals surface area contributed by atoms with E-state index in [4.69, 9.17) is 9.26 Å². The summed E-state index contributed by atoms with van der Waals surface area (Å²) in [4.78, 5) is 21.0. The standard InChI is InChI=1S/C17H20N4O3/c1-12-18-16(19-24-12)11-20-6-8-21(9-7-20)17(22)15-10-13-4-2-3-5-14(13)23-15/h2-5,15H,6-11H2,1H3/t15-/m0/s1. The second-order valence-electron chi connectivity index (χ2n) is 6.25. The van der Waals surface area contributed by atoms with Crippen molar-refractivity contribution in [2.75, 3.05) is 26.2 Å². The highest BCUT2D eigenvalue weighted by molar-refractivity contribution is 5.82. The van der Waals surface area contributed by atoms with E-state index in [1.165, 1.54) is 0 Å². The van der Waals surface area contributed by atoms with Crippen molar-refractivity contribution in [1.82, 2.24) is 19.9 Å². The number of fused-ring (bicyclic) bond motifs is 1. The minimum atomic E-state index is -0.381. The molecule has 0 N–H and O–H groups in total. The van der Waals surface area contributed by atoms with E-state index in [1.807, 2.05) is 29.2 Å². The van der Waals surface area contributed by atoms with Crippen molar-refractivity contribution >= 4 is 5.91 Å². The summed E-state index contributed by atoms with van der Waals surface area (Å²) in [5.74, 6) is 2.20. The van der Waals surface area contributed by atoms with Gasteiger partial charge in [0.15, 0.2) is 11.9 Å². The molecule has 0 radical (unpaired) electrons. The smallest absolute Gasteiger partial charge is 0.264 e. The molecule has 1 atom stereocenters. The largest absolute Gasteiger partial charge is 0.480 e. The fourth-order valence-electron chi connectivity index (χ4n) is 3.26. The number of ether oxygens (including phenoxy) is 1. The Balaban J connectivity index is 1.31. The van der Waals surface area contributed by atoms with Crippen LogP contribution < -0.4 is 4.74 Å². The molecular formula is C17H20N4O3. The zero-order chi connectivity index (χ0) is 16.5. The molecule has 7 heteroatoms. The molecule has 1 aromatic carbocycles. The zero-order valence-electron chi connectivity index (χ0n) is 13.6. The number of amides is 1. The van der Waals surface area contributed by atoms with E-state index < -0.39 is 0 Å². The summed E-state index contributed by atoms with van der Waals surface area (Å²) in [6.07, 6.45) is 0.283. The van der Waals surface area contributed by atoms with Crippen LogP contribution in [0.5, 0.6) is 5.75 Å². The van der Waals surface area contributed by atoms with Crippen LogP contribution in [0.4, 0.5) is 0 Å². The van der Waals surface area contributed by atoms with Crippen molar-refractivity contribution in [3.63, 3.8) is 0 Å². The van der Waals surface area contributed by atoms with Gasteiger partial charge in [-0.05, 0) is 11.6 Å². The van der Waals surface area contributed by atoms with Gasteiger partial charge >= 0.3 is 0 Å². The zero-order valence-corrected chi connectivity index (χ0v) is 13.6. The summed E-state index contributed by atoms with van der Waals surface area (Å²) >= 11 is 0. The van der Waals surface area contributed by atoms with E-state index in [1.54, 1.807) is 6.92 Å². The van der Waals surface area contributed by atoms with Gasteiger partial charge in [0.25, 0.3) is 5.91 Å². The van der Waals surface area contributed by atoms with E-state index in [-0.39, 0.29) is 12.0 Å². The van der Waals surface area contributed by atoms with E-state index in [0.717, 1.165) is 24.4 Å². The van der Waals surface area contributed by atoms with Gasteiger partial charge in [-0.3, -0.25) is 9.69 Å². The lowest BCUT2D eigenvalue weighted by Crippen LogP contribution is -2.52. The average molecular weight is 328 g/mol. The number of carbonyl (C=O) groups is 1. The Bertz CT molecular complexity index is 712. The first-order chi connectivity index (χ1) is 11.7. The maximum absolute atomic E-state index is 12.7. The van der Waals surface area contributed by atoms with Crippen molar-refractivity contribution in [1.29, 1.82) is 0 Å². The Labute approximate surface area is 140 Å². The third kappa shape index (κ3) is 2.99. The molecule has 0 spiro atoms. The van der Waals surface area contributed by atoms with Crippen LogP contribution in [-0.4, -0.2) is 58.1 Å². The SMILES string of the molecule is Cc1nc(CN2CCN(C(=O)[C@@H]3Cc4ccccc4O3)CC2)no1. The molecule has 1 saturated heterocycles. The third-order valence-electron chi connectivity index (χ3n) is 4.54. The van der Waals surface area contributed by atoms with Crippen molar-refractivity contribution in [3.05, 3.63) is 41.5 Å². The monoisotopic (exact) mass is 328 g/mol. The molecule has 2 aliphatic heterocycles. The van der Waals surface area contributed by atoms with E-state index in [0.29, 0.717) is 37.8 Å². The van der Waals surface area contributed by atoms with Gasteiger partial charge in [-0.2, -0.15) is 4.98 Å². The van der Waals surface area contributed by atoms with Gasteiger partial charge in [0.2, 0.25) is 5.89 Å². The number of hydrogen-bond acceptors (Lipinski definition) is 6. The Hall–Kier alpha value is -2.41. The number of nitrogens with zero attached hydrogens (tertiary/aromatic N) is 4. The molecule has 1 aromatic heterocycles. The normalized spacial score (nSPS) is 20.7. The van der Waals surface area contributed by atoms with Crippen LogP contribution in [-0.2, 0) is 17.8 Å². The molecule has 1 amide bonds. The number of aryl methyl sites for hydroxylation is 1. The molecule has 2 aliphatic rings. The topological polar surface area (TPSA) is 71.7 Å². The Morgan fingerprint density at radius 2 is 2.04 bits per heavy atom. The van der Waals surface area contributed by atoms with Crippen LogP contribution in [0.3, 0.4) is 0 Å². The number of hydrogen-bond donors (Lipinski definition) is 0. The summed E-state index contributed by atoms with van der Waals surface area (Å²) < 4.78 is 10.8. The summed E-state index contributed by atoms with van der Waals surface area (Å²) in [5, 5.41) is 3.92. The van der Waals surface area contributed by atoms with E-state index in [9.17, 15) is 4.79 Å². The molecule has 2 aromatic rings. The lowest BCUT2D eigenvalue weighted by atomic mass is 10.1. The van der Waals surface area contributed by atoms with Crippen LogP contribution >= 0.6 is 0 Å². The Kier molecular flexibility index (Phi) is 3.93. The second kappa shape index (κ2) is 6.24. The fraction of sp³-hybridized carbons (Fsp3) is 0.471. The fourth-order valence-corrected chi connectivity index (χ4v) is 3.26. The number of benzene rings is 1. The van der Waals surface area contributed by atoms with E-state index >= 15 is 0 Å². The first kappa shape index (κ1) is 15.1. The molecule has 24 heavy (non-hydrogen) atoms. The predicted octanol–water partition coefficient (Wildman–Crippen LogP) is 1.03. The average Bonchev–Trinajstić information content (AvgIpc) is 3.21. The summed E-state index contributed by atoms with van der Waals surface area (Å²) in [6.45, 7) is 5.45. The van der Waals surface area contributed by atoms with Gasteiger partial charge in [-0.25, -0.2) is 0 Å². The maximum atomic E-state index is 12.7. The van der Waals surface area contributed by atoms with Crippen molar-refractivity contribution in [2.45, 2.75) is 26.0 Å². The summed E-state index contributed by atoms with van der Waals surface area (Å²) in [7, 11) is 0. The van der Waals surface area contributed by atoms with Crippen molar-refractivity contribution in [3.8, 4) is 5.75 Å². The molecule has 0 aliphatic carbocycles. The van der Waals surface area contributed by atoms with Crippen LogP contribution in [0.15, 0.2) is 28.8 Å². The first-order valence-corrected chi connectivity index (χ1v) is 8.24. The van der Waals surface area contributed by atoms with Gasteiger partial charge in [0, 0.05) is 39.5 Å². The minimum absolute atomic E-state index is 0.0845. The van der Waals surface area contributed by atoms with E-state index in [2.05, 4.69) is 15.0 Å². The number of rotatable bonds is 3. The van der Waals surface area contributed by atoms with Gasteiger partial charge in [0.1, 0.15) is 5.75 Å². The maximum Gasteiger partial charge on any atom is 0.264 e. The molecule has 7 nitrogen and oxygen atoms in total. The summed E-state index contributed by atoms with van der Waals surface area (Å²) in [6, 6.07) is 7.86. The highest BCUT2D eigenvalue weighted by atomic mass is 16.5. The first-order valence-electron chi connectivity index (χ1n) is 8.24. The van der Waals surface area contributed by atoms with Crippen LogP contribution in [0, 0.1) is 6.92 Å². The van der Waals surface area contributed by atoms with Gasteiger partial charge < -0.3 is 14.2 Å². The molecule has 1 fully saturated rings. The van der Waals surface area contributed by atoms with Gasteiger partial charge in [-0.1, -0.05) is 23.4 Å². The van der Waals surface area contributed by atoms with Crippen LogP contribution in [0.25, 0.3) is 0 Å². The van der Waals surface area contributed by atoms with Crippen molar-refractivity contribution in [2.24, 2.45) is 0 Å². The molecular weight excluding hydrogens is 308 g/mol. The molecule has 4 rings (SSSR count). The summed E-state index contributed by atoms with van der Waals surface area (Å²) in [5.41, 5.74) is 1.11. The molecule has 0 saturated carbocycles. The molecule has 126 valence electrons. The van der Waals surface area contributed by atoms with Crippen LogP contribution in [0.1, 0.15) is 17.3 Å². The van der Waals surface area contributed by atoms with Crippen LogP contribution in [0.2, 0.25) is 0 Å². The predicted molar refractivity (Wildman–Crippen MR) is 85.5 cm³/mol. The molecule has 0 bridgehead atoms. The number of para-hydroxylation sites is 1. The highest BCUT2D eigenvalue weighted by Crippen LogP contribution is 2.29. The molecule has 3 heterocycles. The minimum Gasteiger partial charge on any atom is -0.480 e. The van der Waals surface area contributed by atoms with Gasteiger partial charge in [0.05, 0.1) is 6.54 Å². The lowest BCUT2D eigenvalue weighted by molar-refractivity contribution is -0.139. The third-order valence-corrected chi connectivity index (χ3v) is 4.54. The van der Waals surface area contributed by atoms with Gasteiger partial charge in [-0.15, -0.1) is 0 Å². The molecule has 0 unspecified atom stereocenters. The van der Waals surface area contributed by atoms with Crippen molar-refractivity contribution < 1.29 is 14.1 Å². The quantitative estimate of drug-likeness (QED) is 0.838. The number of carbonyl (C=O) groups excluding carboxylic acids is 1. The Morgan fingerprint density at radius 3 is 2.75 bits per heavy atom. The number of aromatic nitrogens is 2. The second-order valence-corrected chi connectivity index (χ2v) is 6.25. The Morgan fingerprint density at radius 1 is 1.25 bits per heavy atom. The number of piperazine rings is 1. The highest BCUT2D eigenvalue weighted by Gasteiger charge is 2.33. The lowest BCUT2D eigenvalue weighted by Gasteiger charge is -2.35.